The lowest BCUT2D eigenvalue weighted by Gasteiger charge is -2.30. The Labute approximate surface area is 158 Å². The van der Waals surface area contributed by atoms with Gasteiger partial charge in [-0.2, -0.15) is 5.26 Å². The number of nitrogens with one attached hydrogen (secondary N) is 1. The van der Waals surface area contributed by atoms with Crippen LogP contribution in [-0.4, -0.2) is 38.0 Å². The van der Waals surface area contributed by atoms with Gasteiger partial charge in [0.15, 0.2) is 11.2 Å². The molecule has 0 amide bonds. The van der Waals surface area contributed by atoms with Gasteiger partial charge >= 0.3 is 11.9 Å². The van der Waals surface area contributed by atoms with E-state index in [0.29, 0.717) is 11.4 Å². The summed E-state index contributed by atoms with van der Waals surface area (Å²) in [6.07, 6.45) is -0.363. The molecular weight excluding hydrogens is 350 g/mol. The van der Waals surface area contributed by atoms with E-state index >= 15 is 0 Å². The molecule has 0 bridgehead atoms. The van der Waals surface area contributed by atoms with Crippen molar-refractivity contribution < 1.29 is 23.9 Å². The fourth-order valence-electron chi connectivity index (χ4n) is 2.99. The number of carbonyl (C=O) groups is 3. The molecule has 8 nitrogen and oxygen atoms in total. The predicted molar refractivity (Wildman–Crippen MR) is 100.0 cm³/mol. The number of rotatable bonds is 9. The number of nitrogens with two attached hydrogens (primary N) is 1. The van der Waals surface area contributed by atoms with Crippen molar-refractivity contribution >= 4 is 29.1 Å². The number of nitrogens with zero attached hydrogens (tertiary/aromatic N) is 1. The lowest BCUT2D eigenvalue weighted by Crippen LogP contribution is -2.45. The van der Waals surface area contributed by atoms with Crippen molar-refractivity contribution in [1.29, 1.82) is 5.26 Å². The first-order valence-electron chi connectivity index (χ1n) is 8.64. The number of Topliss-reactive ketones (excluding diaryl/α,β-unsaturated/α-hetero) is 1. The average Bonchev–Trinajstić information content (AvgIpc) is 2.62. The minimum Gasteiger partial charge on any atom is -0.466 e. The van der Waals surface area contributed by atoms with Crippen molar-refractivity contribution in [3.05, 3.63) is 23.3 Å². The van der Waals surface area contributed by atoms with Crippen LogP contribution in [0.5, 0.6) is 0 Å². The summed E-state index contributed by atoms with van der Waals surface area (Å²) in [4.78, 5) is 37.4. The van der Waals surface area contributed by atoms with E-state index in [1.54, 1.807) is 20.9 Å². The summed E-state index contributed by atoms with van der Waals surface area (Å²) in [5.41, 5.74) is 4.90. The van der Waals surface area contributed by atoms with E-state index in [1.165, 1.54) is 19.1 Å². The van der Waals surface area contributed by atoms with Crippen molar-refractivity contribution in [2.45, 2.75) is 39.0 Å². The van der Waals surface area contributed by atoms with Gasteiger partial charge in [0, 0.05) is 13.5 Å². The molecule has 146 valence electrons. The zero-order valence-electron chi connectivity index (χ0n) is 16.0. The summed E-state index contributed by atoms with van der Waals surface area (Å²) in [6.45, 7) is 4.73. The van der Waals surface area contributed by atoms with Crippen LogP contribution < -0.4 is 11.1 Å². The Morgan fingerprint density at radius 3 is 2.33 bits per heavy atom. The fourth-order valence-corrected chi connectivity index (χ4v) is 2.99. The maximum atomic E-state index is 12.9. The monoisotopic (exact) mass is 375 g/mol. The number of benzene rings is 1. The highest BCUT2D eigenvalue weighted by Gasteiger charge is 2.48. The van der Waals surface area contributed by atoms with Gasteiger partial charge in [-0.05, 0) is 38.8 Å². The number of hydrogen-bond acceptors (Lipinski definition) is 8. The number of anilines is 2. The van der Waals surface area contributed by atoms with E-state index in [2.05, 4.69) is 5.32 Å². The highest BCUT2D eigenvalue weighted by Crippen LogP contribution is 2.39. The molecule has 0 spiro atoms. The Kier molecular flexibility index (Phi) is 7.79. The molecule has 8 heteroatoms. The lowest BCUT2D eigenvalue weighted by atomic mass is 9.71. The first-order chi connectivity index (χ1) is 12.8. The van der Waals surface area contributed by atoms with Gasteiger partial charge in [0.1, 0.15) is 6.07 Å². The Morgan fingerprint density at radius 1 is 1.22 bits per heavy atom. The zero-order valence-corrected chi connectivity index (χ0v) is 16.0. The van der Waals surface area contributed by atoms with Gasteiger partial charge in [0.05, 0.1) is 30.2 Å². The summed E-state index contributed by atoms with van der Waals surface area (Å²) >= 11 is 0. The van der Waals surface area contributed by atoms with Gasteiger partial charge in [-0.1, -0.05) is 6.07 Å². The van der Waals surface area contributed by atoms with Crippen molar-refractivity contribution in [1.82, 2.24) is 0 Å². The molecule has 0 heterocycles. The number of carbonyl (C=O) groups excluding carboxylic acids is 3. The molecule has 1 unspecified atom stereocenters. The molecule has 1 aromatic carbocycles. The Hall–Kier alpha value is -3.08. The molecule has 1 atom stereocenters. The number of esters is 2. The highest BCUT2D eigenvalue weighted by atomic mass is 16.5. The van der Waals surface area contributed by atoms with Gasteiger partial charge < -0.3 is 20.5 Å². The fraction of sp³-hybridized carbons (Fsp3) is 0.474. The second-order valence-electron chi connectivity index (χ2n) is 5.80. The van der Waals surface area contributed by atoms with E-state index in [-0.39, 0.29) is 37.2 Å². The minimum atomic E-state index is -1.81. The topological polar surface area (TPSA) is 132 Å². The average molecular weight is 375 g/mol. The van der Waals surface area contributed by atoms with Gasteiger partial charge in [-0.25, -0.2) is 0 Å². The summed E-state index contributed by atoms with van der Waals surface area (Å²) in [5.74, 6) is -1.89. The van der Waals surface area contributed by atoms with Crippen molar-refractivity contribution in [3.63, 3.8) is 0 Å². The Morgan fingerprint density at radius 2 is 1.85 bits per heavy atom. The first-order valence-corrected chi connectivity index (χ1v) is 8.64. The molecule has 1 aromatic rings. The smallest absolute Gasteiger partial charge is 0.324 e. The molecule has 0 radical (unpaired) electrons. The summed E-state index contributed by atoms with van der Waals surface area (Å²) in [5, 5.41) is 12.5. The summed E-state index contributed by atoms with van der Waals surface area (Å²) in [6, 6.07) is 4.97. The van der Waals surface area contributed by atoms with Crippen LogP contribution in [0.15, 0.2) is 12.1 Å². The van der Waals surface area contributed by atoms with E-state index in [4.69, 9.17) is 15.2 Å². The molecule has 0 saturated carbocycles. The van der Waals surface area contributed by atoms with Gasteiger partial charge in [0.25, 0.3) is 0 Å². The summed E-state index contributed by atoms with van der Waals surface area (Å²) < 4.78 is 10.1. The van der Waals surface area contributed by atoms with Crippen LogP contribution in [0.25, 0.3) is 0 Å². The van der Waals surface area contributed by atoms with Crippen LogP contribution >= 0.6 is 0 Å². The molecule has 0 aliphatic rings. The Bertz CT molecular complexity index is 769. The first kappa shape index (κ1) is 22.0. The molecule has 1 rings (SSSR count). The molecule has 0 aliphatic heterocycles. The summed E-state index contributed by atoms with van der Waals surface area (Å²) in [7, 11) is 1.58. The van der Waals surface area contributed by atoms with E-state index in [1.807, 2.05) is 6.07 Å². The zero-order chi connectivity index (χ0) is 20.6. The van der Waals surface area contributed by atoms with Crippen molar-refractivity contribution in [3.8, 4) is 6.07 Å². The molecule has 0 aromatic heterocycles. The van der Waals surface area contributed by atoms with Gasteiger partial charge in [-0.15, -0.1) is 0 Å². The van der Waals surface area contributed by atoms with Crippen LogP contribution in [-0.2, 0) is 29.3 Å². The molecule has 27 heavy (non-hydrogen) atoms. The van der Waals surface area contributed by atoms with Gasteiger partial charge in [-0.3, -0.25) is 14.4 Å². The van der Waals surface area contributed by atoms with Crippen LogP contribution in [0.4, 0.5) is 11.4 Å². The van der Waals surface area contributed by atoms with Gasteiger partial charge in [0.2, 0.25) is 0 Å². The van der Waals surface area contributed by atoms with Crippen molar-refractivity contribution in [2.24, 2.45) is 0 Å². The van der Waals surface area contributed by atoms with E-state index in [9.17, 15) is 19.6 Å². The standard InChI is InChI=1S/C19H25N3O5/c1-5-26-16(24)9-10-19(12(3)23,18(25)27-6-2)14-7-8-15(21)17(22-4)13(14)11-20/h7-8,22H,5-6,9-10,21H2,1-4H3. The molecule has 3 N–H and O–H groups in total. The quantitative estimate of drug-likeness (QED) is 0.380. The SMILES string of the molecule is CCOC(=O)CCC(C(C)=O)(C(=O)OCC)c1ccc(N)c(NC)c1C#N. The molecular formula is C19H25N3O5. The van der Waals surface area contributed by atoms with Crippen LogP contribution in [0.1, 0.15) is 44.7 Å². The number of nitriles is 1. The molecule has 0 saturated heterocycles. The van der Waals surface area contributed by atoms with E-state index in [0.717, 1.165) is 0 Å². The molecule has 0 fully saturated rings. The van der Waals surface area contributed by atoms with Crippen LogP contribution in [0.2, 0.25) is 0 Å². The highest BCUT2D eigenvalue weighted by molar-refractivity contribution is 6.10. The molecule has 0 aliphatic carbocycles. The normalized spacial score (nSPS) is 12.4. The predicted octanol–water partition coefficient (Wildman–Crippen LogP) is 1.92. The largest absolute Gasteiger partial charge is 0.466 e. The third-order valence-electron chi connectivity index (χ3n) is 4.29. The third-order valence-corrected chi connectivity index (χ3v) is 4.29. The second-order valence-corrected chi connectivity index (χ2v) is 5.80. The minimum absolute atomic E-state index is 0.0447. The Balaban J connectivity index is 3.67. The number of nitrogen functional groups attached to an aromatic ring is 1. The van der Waals surface area contributed by atoms with Crippen LogP contribution in [0.3, 0.4) is 0 Å². The maximum absolute atomic E-state index is 12.9. The lowest BCUT2D eigenvalue weighted by molar-refractivity contribution is -0.154. The maximum Gasteiger partial charge on any atom is 0.324 e. The van der Waals surface area contributed by atoms with Crippen LogP contribution in [0, 0.1) is 11.3 Å². The number of ether oxygens (including phenoxy) is 2. The van der Waals surface area contributed by atoms with E-state index < -0.39 is 23.1 Å². The third kappa shape index (κ3) is 4.37. The van der Waals surface area contributed by atoms with Crippen molar-refractivity contribution in [2.75, 3.05) is 31.3 Å². The second kappa shape index (κ2) is 9.57. The number of hydrogen-bond donors (Lipinski definition) is 2. The number of ketones is 1.